The molecule has 1 unspecified atom stereocenters. The van der Waals surface area contributed by atoms with Gasteiger partial charge in [0.25, 0.3) is 0 Å². The second-order valence-corrected chi connectivity index (χ2v) is 7.69. The predicted octanol–water partition coefficient (Wildman–Crippen LogP) is 0.105. The summed E-state index contributed by atoms with van der Waals surface area (Å²) in [6, 6.07) is 5.59. The molecule has 2 amide bonds. The van der Waals surface area contributed by atoms with Gasteiger partial charge in [0.1, 0.15) is 6.42 Å². The average Bonchev–Trinajstić information content (AvgIpc) is 2.85. The lowest BCUT2D eigenvalue weighted by Gasteiger charge is -2.11. The van der Waals surface area contributed by atoms with Crippen molar-refractivity contribution in [1.29, 1.82) is 0 Å². The van der Waals surface area contributed by atoms with Gasteiger partial charge in [-0.2, -0.15) is 0 Å². The summed E-state index contributed by atoms with van der Waals surface area (Å²) in [6.07, 6.45) is -0.0417. The number of benzene rings is 1. The van der Waals surface area contributed by atoms with Crippen LogP contribution in [0.5, 0.6) is 0 Å². The summed E-state index contributed by atoms with van der Waals surface area (Å²) < 4.78 is 27.2. The number of anilines is 1. The molecule has 0 aromatic heterocycles. The molecule has 2 rings (SSSR count). The minimum Gasteiger partial charge on any atom is -0.465 e. The first-order valence-electron chi connectivity index (χ1n) is 7.27. The van der Waals surface area contributed by atoms with Crippen LogP contribution in [0.15, 0.2) is 24.3 Å². The Morgan fingerprint density at radius 1 is 1.17 bits per heavy atom. The molecule has 1 aliphatic rings. The first-order valence-corrected chi connectivity index (χ1v) is 9.09. The van der Waals surface area contributed by atoms with Crippen LogP contribution in [0.4, 0.5) is 5.69 Å². The van der Waals surface area contributed by atoms with Crippen LogP contribution in [-0.4, -0.2) is 50.9 Å². The number of carbonyl (C=O) groups is 3. The molecule has 1 aliphatic heterocycles. The number of esters is 1. The Morgan fingerprint density at radius 3 is 2.38 bits per heavy atom. The zero-order valence-corrected chi connectivity index (χ0v) is 13.9. The van der Waals surface area contributed by atoms with E-state index in [1.807, 2.05) is 0 Å². The third-order valence-electron chi connectivity index (χ3n) is 3.51. The highest BCUT2D eigenvalue weighted by Crippen LogP contribution is 2.12. The quantitative estimate of drug-likeness (QED) is 0.572. The van der Waals surface area contributed by atoms with E-state index in [0.29, 0.717) is 17.7 Å². The van der Waals surface area contributed by atoms with E-state index >= 15 is 0 Å². The smallest absolute Gasteiger partial charge is 0.337 e. The number of carbonyl (C=O) groups excluding carboxylic acids is 3. The molecule has 8 nitrogen and oxygen atoms in total. The van der Waals surface area contributed by atoms with Crippen LogP contribution in [0.3, 0.4) is 0 Å². The summed E-state index contributed by atoms with van der Waals surface area (Å²) in [5.74, 6) is -1.58. The van der Waals surface area contributed by atoms with Crippen molar-refractivity contribution in [2.24, 2.45) is 0 Å². The second-order valence-electron chi connectivity index (χ2n) is 5.46. The molecule has 1 heterocycles. The van der Waals surface area contributed by atoms with E-state index < -0.39 is 40.1 Å². The maximum Gasteiger partial charge on any atom is 0.337 e. The van der Waals surface area contributed by atoms with Gasteiger partial charge in [0.15, 0.2) is 9.84 Å². The largest absolute Gasteiger partial charge is 0.465 e. The summed E-state index contributed by atoms with van der Waals surface area (Å²) >= 11 is 0. The Bertz CT molecular complexity index is 742. The highest BCUT2D eigenvalue weighted by molar-refractivity contribution is 7.91. The average molecular weight is 354 g/mol. The van der Waals surface area contributed by atoms with Gasteiger partial charge in [-0.3, -0.25) is 9.59 Å². The molecule has 0 aliphatic carbocycles. The number of ether oxygens (including phenoxy) is 1. The number of amides is 2. The van der Waals surface area contributed by atoms with Gasteiger partial charge >= 0.3 is 5.97 Å². The fourth-order valence-corrected chi connectivity index (χ4v) is 4.02. The number of methoxy groups -OCH3 is 1. The molecule has 0 bridgehead atoms. The van der Waals surface area contributed by atoms with Crippen molar-refractivity contribution < 1.29 is 27.5 Å². The standard InChI is InChI=1S/C15H18N2O6S/c1-23-15(20)10-2-4-11(5-3-10)16-13(18)8-14(19)17-12-6-7-24(21,22)9-12/h2-5,12H,6-9H2,1H3,(H,16,18)(H,17,19). The summed E-state index contributed by atoms with van der Waals surface area (Å²) in [4.78, 5) is 34.9. The molecule has 1 saturated heterocycles. The van der Waals surface area contributed by atoms with Crippen LogP contribution in [0.25, 0.3) is 0 Å². The Labute approximate surface area is 139 Å². The van der Waals surface area contributed by atoms with E-state index in [1.165, 1.54) is 31.4 Å². The first kappa shape index (κ1) is 17.9. The van der Waals surface area contributed by atoms with Crippen molar-refractivity contribution in [3.63, 3.8) is 0 Å². The lowest BCUT2D eigenvalue weighted by Crippen LogP contribution is -2.37. The van der Waals surface area contributed by atoms with Crippen molar-refractivity contribution in [3.8, 4) is 0 Å². The fourth-order valence-electron chi connectivity index (χ4n) is 2.35. The maximum absolute atomic E-state index is 11.8. The second kappa shape index (κ2) is 7.43. The van der Waals surface area contributed by atoms with Crippen molar-refractivity contribution >= 4 is 33.3 Å². The van der Waals surface area contributed by atoms with Gasteiger partial charge in [0.2, 0.25) is 11.8 Å². The molecule has 1 atom stereocenters. The summed E-state index contributed by atoms with van der Waals surface area (Å²) in [5, 5.41) is 5.07. The van der Waals surface area contributed by atoms with Crippen LogP contribution in [0.2, 0.25) is 0 Å². The molecule has 130 valence electrons. The summed E-state index contributed by atoms with van der Waals surface area (Å²) in [7, 11) is -1.81. The molecule has 0 saturated carbocycles. The third-order valence-corrected chi connectivity index (χ3v) is 5.28. The summed E-state index contributed by atoms with van der Waals surface area (Å²) in [5.41, 5.74) is 0.777. The van der Waals surface area contributed by atoms with Crippen LogP contribution >= 0.6 is 0 Å². The molecule has 0 radical (unpaired) electrons. The lowest BCUT2D eigenvalue weighted by atomic mass is 10.2. The van der Waals surface area contributed by atoms with Gasteiger partial charge in [0, 0.05) is 11.7 Å². The molecule has 1 aromatic rings. The zero-order valence-electron chi connectivity index (χ0n) is 13.1. The Hall–Kier alpha value is -2.42. The van der Waals surface area contributed by atoms with Crippen LogP contribution in [0.1, 0.15) is 23.2 Å². The molecule has 1 fully saturated rings. The van der Waals surface area contributed by atoms with Crippen molar-refractivity contribution in [3.05, 3.63) is 29.8 Å². The Balaban J connectivity index is 1.82. The third kappa shape index (κ3) is 5.05. The maximum atomic E-state index is 11.8. The van der Waals surface area contributed by atoms with Gasteiger partial charge in [-0.05, 0) is 30.7 Å². The van der Waals surface area contributed by atoms with E-state index in [1.54, 1.807) is 0 Å². The van der Waals surface area contributed by atoms with Crippen LogP contribution < -0.4 is 10.6 Å². The lowest BCUT2D eigenvalue weighted by molar-refractivity contribution is -0.127. The molecular formula is C15H18N2O6S. The minimum atomic E-state index is -3.08. The number of sulfone groups is 1. The first-order chi connectivity index (χ1) is 11.3. The van der Waals surface area contributed by atoms with E-state index in [2.05, 4.69) is 15.4 Å². The van der Waals surface area contributed by atoms with Gasteiger partial charge < -0.3 is 15.4 Å². The molecule has 2 N–H and O–H groups in total. The van der Waals surface area contributed by atoms with Crippen molar-refractivity contribution in [2.45, 2.75) is 18.9 Å². The van der Waals surface area contributed by atoms with Crippen LogP contribution in [-0.2, 0) is 24.2 Å². The van der Waals surface area contributed by atoms with Crippen LogP contribution in [0, 0.1) is 0 Å². The minimum absolute atomic E-state index is 0.0523. The molecule has 24 heavy (non-hydrogen) atoms. The predicted molar refractivity (Wildman–Crippen MR) is 86.2 cm³/mol. The normalized spacial score (nSPS) is 18.6. The molecule has 9 heteroatoms. The van der Waals surface area contributed by atoms with Gasteiger partial charge in [-0.15, -0.1) is 0 Å². The van der Waals surface area contributed by atoms with E-state index in [9.17, 15) is 22.8 Å². The molecular weight excluding hydrogens is 336 g/mol. The van der Waals surface area contributed by atoms with Crippen molar-refractivity contribution in [2.75, 3.05) is 23.9 Å². The van der Waals surface area contributed by atoms with E-state index in [-0.39, 0.29) is 11.5 Å². The van der Waals surface area contributed by atoms with E-state index in [4.69, 9.17) is 0 Å². The number of rotatable bonds is 5. The molecule has 0 spiro atoms. The van der Waals surface area contributed by atoms with Gasteiger partial charge in [-0.1, -0.05) is 0 Å². The number of nitrogens with one attached hydrogen (secondary N) is 2. The van der Waals surface area contributed by atoms with Crippen molar-refractivity contribution in [1.82, 2.24) is 5.32 Å². The number of hydrogen-bond donors (Lipinski definition) is 2. The fraction of sp³-hybridized carbons (Fsp3) is 0.400. The number of hydrogen-bond acceptors (Lipinski definition) is 6. The van der Waals surface area contributed by atoms with Gasteiger partial charge in [0.05, 0.1) is 24.2 Å². The highest BCUT2D eigenvalue weighted by atomic mass is 32.2. The topological polar surface area (TPSA) is 119 Å². The summed E-state index contributed by atoms with van der Waals surface area (Å²) in [6.45, 7) is 0. The zero-order chi connectivity index (χ0) is 17.7. The SMILES string of the molecule is COC(=O)c1ccc(NC(=O)CC(=O)NC2CCS(=O)(=O)C2)cc1. The monoisotopic (exact) mass is 354 g/mol. The Kier molecular flexibility index (Phi) is 5.55. The highest BCUT2D eigenvalue weighted by Gasteiger charge is 2.29. The van der Waals surface area contributed by atoms with E-state index in [0.717, 1.165) is 0 Å². The molecule has 1 aromatic carbocycles. The Morgan fingerprint density at radius 2 is 1.83 bits per heavy atom. The van der Waals surface area contributed by atoms with Gasteiger partial charge in [-0.25, -0.2) is 13.2 Å².